The smallest absolute Gasteiger partial charge is 0.229 e. The van der Waals surface area contributed by atoms with Gasteiger partial charge in [0.05, 0.1) is 17.5 Å². The largest absolute Gasteiger partial charge is 0.393 e. The van der Waals surface area contributed by atoms with Crippen molar-refractivity contribution in [1.82, 2.24) is 4.90 Å². The van der Waals surface area contributed by atoms with Crippen LogP contribution in [-0.2, 0) is 4.79 Å². The van der Waals surface area contributed by atoms with E-state index in [0.717, 1.165) is 6.42 Å². The van der Waals surface area contributed by atoms with Crippen LogP contribution in [0.4, 0.5) is 0 Å². The minimum absolute atomic E-state index is 0.0801. The molecular formula is C9H16N2O2S. The molecule has 1 rings (SSSR count). The molecule has 1 aliphatic rings. The zero-order valence-corrected chi connectivity index (χ0v) is 9.09. The fourth-order valence-corrected chi connectivity index (χ4v) is 1.66. The summed E-state index contributed by atoms with van der Waals surface area (Å²) in [4.78, 5) is 13.3. The average Bonchev–Trinajstić information content (AvgIpc) is 2.08. The number of hydrogen-bond donors (Lipinski definition) is 2. The minimum Gasteiger partial charge on any atom is -0.393 e. The van der Waals surface area contributed by atoms with Crippen molar-refractivity contribution in [3.05, 3.63) is 0 Å². The van der Waals surface area contributed by atoms with Crippen LogP contribution in [-0.4, -0.2) is 40.1 Å². The summed E-state index contributed by atoms with van der Waals surface area (Å²) in [5.74, 6) is 0.187. The molecule has 0 aliphatic carbocycles. The predicted octanol–water partition coefficient (Wildman–Crippen LogP) is -0.108. The summed E-state index contributed by atoms with van der Waals surface area (Å²) < 4.78 is 0. The second-order valence-corrected chi connectivity index (χ2v) is 4.34. The van der Waals surface area contributed by atoms with Gasteiger partial charge in [0.1, 0.15) is 0 Å². The molecule has 14 heavy (non-hydrogen) atoms. The molecule has 0 saturated carbocycles. The van der Waals surface area contributed by atoms with E-state index in [-0.39, 0.29) is 23.2 Å². The van der Waals surface area contributed by atoms with E-state index in [1.54, 1.807) is 4.90 Å². The molecule has 1 aliphatic heterocycles. The number of carbonyl (C=O) groups excluding carboxylic acids is 1. The van der Waals surface area contributed by atoms with Crippen LogP contribution in [0, 0.1) is 5.92 Å². The predicted molar refractivity (Wildman–Crippen MR) is 57.8 cm³/mol. The summed E-state index contributed by atoms with van der Waals surface area (Å²) in [6.07, 6.45) is 0.528. The summed E-state index contributed by atoms with van der Waals surface area (Å²) in [5.41, 5.74) is 5.28. The summed E-state index contributed by atoms with van der Waals surface area (Å²) >= 11 is 4.66. The molecule has 1 amide bonds. The molecular weight excluding hydrogens is 200 g/mol. The average molecular weight is 216 g/mol. The maximum atomic E-state index is 11.5. The van der Waals surface area contributed by atoms with E-state index in [1.807, 2.05) is 6.92 Å². The molecule has 0 aromatic rings. The van der Waals surface area contributed by atoms with Crippen molar-refractivity contribution in [2.45, 2.75) is 25.9 Å². The van der Waals surface area contributed by atoms with Gasteiger partial charge in [-0.05, 0) is 12.3 Å². The first-order valence-electron chi connectivity index (χ1n) is 4.75. The minimum atomic E-state index is -0.418. The van der Waals surface area contributed by atoms with Crippen molar-refractivity contribution in [2.75, 3.05) is 13.1 Å². The van der Waals surface area contributed by atoms with E-state index in [2.05, 4.69) is 12.2 Å². The molecule has 0 aromatic heterocycles. The Morgan fingerprint density at radius 1 is 1.71 bits per heavy atom. The number of rotatable bonds is 2. The van der Waals surface area contributed by atoms with E-state index in [9.17, 15) is 9.90 Å². The van der Waals surface area contributed by atoms with Crippen LogP contribution in [0.1, 0.15) is 19.8 Å². The molecule has 2 atom stereocenters. The van der Waals surface area contributed by atoms with Crippen molar-refractivity contribution in [3.8, 4) is 0 Å². The Balaban J connectivity index is 2.46. The van der Waals surface area contributed by atoms with Gasteiger partial charge in [-0.2, -0.15) is 0 Å². The molecule has 0 spiro atoms. The molecule has 1 heterocycles. The van der Waals surface area contributed by atoms with E-state index in [4.69, 9.17) is 5.73 Å². The highest BCUT2D eigenvalue weighted by atomic mass is 32.1. The number of thiocarbonyl (C=S) groups is 1. The maximum Gasteiger partial charge on any atom is 0.229 e. The molecule has 4 nitrogen and oxygen atoms in total. The highest BCUT2D eigenvalue weighted by molar-refractivity contribution is 7.80. The van der Waals surface area contributed by atoms with E-state index >= 15 is 0 Å². The van der Waals surface area contributed by atoms with Crippen molar-refractivity contribution in [1.29, 1.82) is 0 Å². The lowest BCUT2D eigenvalue weighted by Crippen LogP contribution is -2.46. The molecule has 0 bridgehead atoms. The SMILES string of the molecule is CC1CCN(C(=O)CC(N)=S)CC1O. The van der Waals surface area contributed by atoms with Gasteiger partial charge in [-0.1, -0.05) is 19.1 Å². The van der Waals surface area contributed by atoms with Crippen LogP contribution in [0.15, 0.2) is 0 Å². The van der Waals surface area contributed by atoms with Crippen LogP contribution in [0.25, 0.3) is 0 Å². The Morgan fingerprint density at radius 3 is 2.86 bits per heavy atom. The molecule has 1 saturated heterocycles. The third kappa shape index (κ3) is 2.92. The number of β-amino-alcohol motifs (C(OH)–C–C–N with tert-alkyl or cyclic N) is 1. The molecule has 1 fully saturated rings. The first-order valence-corrected chi connectivity index (χ1v) is 5.15. The zero-order valence-electron chi connectivity index (χ0n) is 8.27. The lowest BCUT2D eigenvalue weighted by molar-refractivity contribution is -0.134. The Kier molecular flexibility index (Phi) is 3.83. The lowest BCUT2D eigenvalue weighted by Gasteiger charge is -2.34. The summed E-state index contributed by atoms with van der Waals surface area (Å²) in [5, 5.41) is 9.57. The highest BCUT2D eigenvalue weighted by Gasteiger charge is 2.27. The fourth-order valence-electron chi connectivity index (χ4n) is 1.54. The van der Waals surface area contributed by atoms with Gasteiger partial charge in [0.2, 0.25) is 5.91 Å². The van der Waals surface area contributed by atoms with Gasteiger partial charge in [0.25, 0.3) is 0 Å². The standard InChI is InChI=1S/C9H16N2O2S/c1-6-2-3-11(5-7(6)12)9(13)4-8(10)14/h6-7,12H,2-5H2,1H3,(H2,10,14). The van der Waals surface area contributed by atoms with Gasteiger partial charge in [0.15, 0.2) is 0 Å². The summed E-state index contributed by atoms with van der Waals surface area (Å²) in [7, 11) is 0. The number of aliphatic hydroxyl groups excluding tert-OH is 1. The molecule has 5 heteroatoms. The van der Waals surface area contributed by atoms with Gasteiger partial charge in [-0.15, -0.1) is 0 Å². The van der Waals surface area contributed by atoms with Gasteiger partial charge in [-0.25, -0.2) is 0 Å². The maximum absolute atomic E-state index is 11.5. The number of nitrogens with two attached hydrogens (primary N) is 1. The van der Waals surface area contributed by atoms with E-state index < -0.39 is 6.10 Å². The van der Waals surface area contributed by atoms with Gasteiger partial charge in [-0.3, -0.25) is 4.79 Å². The number of carbonyl (C=O) groups is 1. The molecule has 0 aromatic carbocycles. The topological polar surface area (TPSA) is 66.6 Å². The number of nitrogens with zero attached hydrogens (tertiary/aromatic N) is 1. The third-order valence-electron chi connectivity index (χ3n) is 2.60. The van der Waals surface area contributed by atoms with Crippen LogP contribution >= 0.6 is 12.2 Å². The quantitative estimate of drug-likeness (QED) is 0.632. The second-order valence-electron chi connectivity index (χ2n) is 3.82. The second kappa shape index (κ2) is 4.70. The summed E-state index contributed by atoms with van der Waals surface area (Å²) in [6.45, 7) is 3.09. The van der Waals surface area contributed by atoms with Crippen LogP contribution in [0.3, 0.4) is 0 Å². The Morgan fingerprint density at radius 2 is 2.36 bits per heavy atom. The molecule has 80 valence electrons. The van der Waals surface area contributed by atoms with E-state index in [1.165, 1.54) is 0 Å². The number of hydrogen-bond acceptors (Lipinski definition) is 3. The number of likely N-dealkylation sites (tertiary alicyclic amines) is 1. The van der Waals surface area contributed by atoms with Gasteiger partial charge in [0, 0.05) is 13.1 Å². The van der Waals surface area contributed by atoms with Crippen LogP contribution in [0.5, 0.6) is 0 Å². The van der Waals surface area contributed by atoms with Crippen molar-refractivity contribution in [3.63, 3.8) is 0 Å². The Labute approximate surface area is 89.1 Å². The number of amides is 1. The monoisotopic (exact) mass is 216 g/mol. The molecule has 0 radical (unpaired) electrons. The first kappa shape index (κ1) is 11.4. The number of aliphatic hydroxyl groups is 1. The molecule has 3 N–H and O–H groups in total. The van der Waals surface area contributed by atoms with E-state index in [0.29, 0.717) is 13.1 Å². The van der Waals surface area contributed by atoms with Crippen LogP contribution < -0.4 is 5.73 Å². The van der Waals surface area contributed by atoms with Gasteiger partial charge < -0.3 is 15.7 Å². The van der Waals surface area contributed by atoms with Crippen molar-refractivity contribution < 1.29 is 9.90 Å². The van der Waals surface area contributed by atoms with Crippen molar-refractivity contribution >= 4 is 23.1 Å². The van der Waals surface area contributed by atoms with Gasteiger partial charge >= 0.3 is 0 Å². The first-order chi connectivity index (χ1) is 6.50. The number of piperidine rings is 1. The normalized spacial score (nSPS) is 27.4. The fraction of sp³-hybridized carbons (Fsp3) is 0.778. The Bertz CT molecular complexity index is 245. The zero-order chi connectivity index (χ0) is 10.7. The third-order valence-corrected chi connectivity index (χ3v) is 2.74. The highest BCUT2D eigenvalue weighted by Crippen LogP contribution is 2.17. The Hall–Kier alpha value is -0.680. The van der Waals surface area contributed by atoms with Crippen LogP contribution in [0.2, 0.25) is 0 Å². The summed E-state index contributed by atoms with van der Waals surface area (Å²) in [6, 6.07) is 0. The lowest BCUT2D eigenvalue weighted by atomic mass is 9.96. The van der Waals surface area contributed by atoms with Crippen molar-refractivity contribution in [2.24, 2.45) is 11.7 Å². The molecule has 2 unspecified atom stereocenters.